The van der Waals surface area contributed by atoms with Crippen molar-refractivity contribution in [2.75, 3.05) is 24.1 Å². The molecule has 62 heavy (non-hydrogen) atoms. The number of carbonyl (C=O) groups excluding carboxylic acids is 8. The molecule has 21 heteroatoms. The molecule has 1 heterocycles. The van der Waals surface area contributed by atoms with Crippen LogP contribution in [0.2, 0.25) is 0 Å². The van der Waals surface area contributed by atoms with Crippen LogP contribution in [0.4, 0.5) is 0 Å². The number of aromatic amines is 1. The van der Waals surface area contributed by atoms with E-state index in [1.54, 1.807) is 48.7 Å². The summed E-state index contributed by atoms with van der Waals surface area (Å²) in [5.41, 5.74) is 4.11. The second kappa shape index (κ2) is 24.0. The van der Waals surface area contributed by atoms with Gasteiger partial charge in [-0.15, -0.1) is 0 Å². The average Bonchev–Trinajstić information content (AvgIpc) is 3.68. The number of para-hydroxylation sites is 1. The standard InChI is InChI=1S/C41H48IN9O11/c1-23(46-40(60)33(22-52)50-39(59)30(16-25-11-13-27(53)14-12-25)47-35(55)20-44-34(54)18-42)37(57)49-32(17-26-19-43-29-10-6-5-9-28(26)29)38(58)45-21-36(56)48-31(41(61)51-62)15-24-7-3-2-4-8-24/h2-14,19,23,30-33,43,52-53,62H,15-18,20-22H2,1H3,(H,44,54)(H,45,58)(H,46,60)(H,47,55)(H,48,56)(H,49,57)(H,50,59)(H,51,61)/t23-,30-,31-,32-,33-/m0/s1. The van der Waals surface area contributed by atoms with Crippen molar-refractivity contribution in [3.05, 3.63) is 102 Å². The van der Waals surface area contributed by atoms with Crippen LogP contribution in [-0.2, 0) is 57.6 Å². The molecule has 0 saturated heterocycles. The third kappa shape index (κ3) is 14.8. The van der Waals surface area contributed by atoms with Crippen molar-refractivity contribution < 1.29 is 53.8 Å². The first-order chi connectivity index (χ1) is 29.7. The molecule has 0 aliphatic heterocycles. The number of halogens is 1. The number of benzene rings is 3. The van der Waals surface area contributed by atoms with Gasteiger partial charge in [0, 0.05) is 36.4 Å². The number of aromatic hydroxyl groups is 1. The average molecular weight is 970 g/mol. The largest absolute Gasteiger partial charge is 0.508 e. The van der Waals surface area contributed by atoms with E-state index in [0.29, 0.717) is 16.7 Å². The van der Waals surface area contributed by atoms with Crippen molar-refractivity contribution in [2.45, 2.75) is 56.4 Å². The molecule has 0 unspecified atom stereocenters. The van der Waals surface area contributed by atoms with Crippen LogP contribution < -0.4 is 42.7 Å². The molecule has 0 bridgehead atoms. The lowest BCUT2D eigenvalue weighted by Gasteiger charge is -2.24. The molecule has 0 aliphatic rings. The van der Waals surface area contributed by atoms with Crippen molar-refractivity contribution in [3.63, 3.8) is 0 Å². The number of fused-ring (bicyclic) bond motifs is 1. The maximum absolute atomic E-state index is 13.6. The number of phenolic OH excluding ortho intramolecular Hbond substituents is 1. The van der Waals surface area contributed by atoms with Gasteiger partial charge in [0.2, 0.25) is 41.4 Å². The van der Waals surface area contributed by atoms with Gasteiger partial charge >= 0.3 is 0 Å². The third-order valence-electron chi connectivity index (χ3n) is 9.36. The zero-order valence-corrected chi connectivity index (χ0v) is 35.6. The highest BCUT2D eigenvalue weighted by atomic mass is 127. The summed E-state index contributed by atoms with van der Waals surface area (Å²) in [6.45, 7) is -0.677. The summed E-state index contributed by atoms with van der Waals surface area (Å²) in [5, 5.41) is 47.0. The fraction of sp³-hybridized carbons (Fsp3) is 0.317. The van der Waals surface area contributed by atoms with Crippen LogP contribution >= 0.6 is 22.6 Å². The molecule has 5 atom stereocenters. The molecule has 0 fully saturated rings. The van der Waals surface area contributed by atoms with Crippen LogP contribution in [0.1, 0.15) is 23.6 Å². The highest BCUT2D eigenvalue weighted by Crippen LogP contribution is 2.19. The summed E-state index contributed by atoms with van der Waals surface area (Å²) >= 11 is 1.81. The Morgan fingerprint density at radius 1 is 0.597 bits per heavy atom. The van der Waals surface area contributed by atoms with E-state index >= 15 is 0 Å². The van der Waals surface area contributed by atoms with Gasteiger partial charge in [-0.25, -0.2) is 5.48 Å². The van der Waals surface area contributed by atoms with Crippen molar-refractivity contribution in [1.82, 2.24) is 47.7 Å². The fourth-order valence-electron chi connectivity index (χ4n) is 6.09. The van der Waals surface area contributed by atoms with Crippen molar-refractivity contribution in [2.24, 2.45) is 0 Å². The number of H-pyrrole nitrogens is 1. The molecule has 0 aliphatic carbocycles. The molecule has 3 aromatic carbocycles. The van der Waals surface area contributed by atoms with Gasteiger partial charge in [-0.3, -0.25) is 43.6 Å². The van der Waals surface area contributed by atoms with E-state index in [1.807, 2.05) is 34.7 Å². The zero-order valence-electron chi connectivity index (χ0n) is 33.4. The van der Waals surface area contributed by atoms with Gasteiger partial charge < -0.3 is 52.4 Å². The number of aromatic nitrogens is 1. The van der Waals surface area contributed by atoms with Crippen LogP contribution in [0.25, 0.3) is 10.9 Å². The number of hydrogen-bond donors (Lipinski definition) is 12. The molecular weight excluding hydrogens is 921 g/mol. The minimum absolute atomic E-state index is 0.0351. The van der Waals surface area contributed by atoms with E-state index < -0.39 is 97.2 Å². The SMILES string of the molecule is C[C@H](NC(=O)[C@H](CO)NC(=O)[C@H](Cc1ccc(O)cc1)NC(=O)CNC(=O)CI)C(=O)N[C@@H](Cc1c[nH]c2ccccc12)C(=O)NCC(=O)N[C@@H](Cc1ccccc1)C(=O)NO. The normalized spacial score (nSPS) is 13.2. The third-order valence-corrected chi connectivity index (χ3v) is 10.1. The van der Waals surface area contributed by atoms with E-state index in [2.05, 4.69) is 42.2 Å². The van der Waals surface area contributed by atoms with Gasteiger partial charge in [0.25, 0.3) is 5.91 Å². The first kappa shape index (κ1) is 48.1. The van der Waals surface area contributed by atoms with Crippen molar-refractivity contribution >= 4 is 80.8 Å². The van der Waals surface area contributed by atoms with E-state index in [-0.39, 0.29) is 29.4 Å². The van der Waals surface area contributed by atoms with Crippen LogP contribution in [-0.4, -0.2) is 122 Å². The molecule has 8 amide bonds. The molecular formula is C41H48IN9O11. The van der Waals surface area contributed by atoms with Gasteiger partial charge in [-0.1, -0.05) is 83.3 Å². The highest BCUT2D eigenvalue weighted by molar-refractivity contribution is 14.1. The lowest BCUT2D eigenvalue weighted by atomic mass is 10.0. The Morgan fingerprint density at radius 2 is 1.15 bits per heavy atom. The van der Waals surface area contributed by atoms with E-state index in [9.17, 15) is 53.8 Å². The highest BCUT2D eigenvalue weighted by Gasteiger charge is 2.31. The number of amides is 8. The van der Waals surface area contributed by atoms with Gasteiger partial charge in [0.15, 0.2) is 0 Å². The number of phenols is 1. The summed E-state index contributed by atoms with van der Waals surface area (Å²) in [5.74, 6) is -6.34. The zero-order chi connectivity index (χ0) is 45.2. The monoisotopic (exact) mass is 969 g/mol. The minimum atomic E-state index is -1.61. The molecule has 0 saturated carbocycles. The number of rotatable bonds is 22. The van der Waals surface area contributed by atoms with E-state index in [1.165, 1.54) is 36.7 Å². The Bertz CT molecular complexity index is 2210. The van der Waals surface area contributed by atoms with E-state index in [4.69, 9.17) is 0 Å². The Morgan fingerprint density at radius 3 is 1.77 bits per heavy atom. The topological polar surface area (TPSA) is 309 Å². The first-order valence-electron chi connectivity index (χ1n) is 19.2. The molecule has 4 aromatic rings. The predicted molar refractivity (Wildman–Crippen MR) is 231 cm³/mol. The summed E-state index contributed by atoms with van der Waals surface area (Å²) in [7, 11) is 0. The van der Waals surface area contributed by atoms with Gasteiger partial charge in [0.1, 0.15) is 36.0 Å². The Balaban J connectivity index is 1.43. The predicted octanol–water partition coefficient (Wildman–Crippen LogP) is -1.49. The van der Waals surface area contributed by atoms with Crippen LogP contribution in [0.15, 0.2) is 85.1 Å². The first-order valence-corrected chi connectivity index (χ1v) is 20.8. The number of aliphatic hydroxyl groups excluding tert-OH is 1. The summed E-state index contributed by atoms with van der Waals surface area (Å²) < 4.78 is 0.0914. The second-order valence-corrected chi connectivity index (χ2v) is 14.8. The van der Waals surface area contributed by atoms with Crippen LogP contribution in [0.5, 0.6) is 5.75 Å². The number of carbonyl (C=O) groups is 8. The molecule has 4 rings (SSSR count). The Hall–Kier alpha value is -6.59. The van der Waals surface area contributed by atoms with Gasteiger partial charge in [-0.05, 0) is 41.8 Å². The molecule has 12 N–H and O–H groups in total. The van der Waals surface area contributed by atoms with Crippen molar-refractivity contribution in [3.8, 4) is 5.75 Å². The number of hydrogen-bond acceptors (Lipinski definition) is 11. The summed E-state index contributed by atoms with van der Waals surface area (Å²) in [4.78, 5) is 107. The molecule has 20 nitrogen and oxygen atoms in total. The number of alkyl halides is 1. The summed E-state index contributed by atoms with van der Waals surface area (Å²) in [6, 6.07) is 14.9. The fourth-order valence-corrected chi connectivity index (χ4v) is 6.36. The minimum Gasteiger partial charge on any atom is -0.508 e. The van der Waals surface area contributed by atoms with Crippen LogP contribution in [0, 0.1) is 0 Å². The Kier molecular flexibility index (Phi) is 18.6. The molecule has 330 valence electrons. The second-order valence-electron chi connectivity index (χ2n) is 14.0. The lowest BCUT2D eigenvalue weighted by Crippen LogP contribution is -2.59. The van der Waals surface area contributed by atoms with Crippen molar-refractivity contribution in [1.29, 1.82) is 0 Å². The van der Waals surface area contributed by atoms with Gasteiger partial charge in [0.05, 0.1) is 24.1 Å². The number of hydroxylamine groups is 1. The Labute approximate surface area is 368 Å². The maximum Gasteiger partial charge on any atom is 0.266 e. The number of nitrogens with one attached hydrogen (secondary N) is 9. The molecule has 0 radical (unpaired) electrons. The van der Waals surface area contributed by atoms with E-state index in [0.717, 1.165) is 10.9 Å². The van der Waals surface area contributed by atoms with Gasteiger partial charge in [-0.2, -0.15) is 0 Å². The number of aliphatic hydroxyl groups is 1. The molecule has 1 aromatic heterocycles. The maximum atomic E-state index is 13.6. The molecule has 0 spiro atoms. The lowest BCUT2D eigenvalue weighted by molar-refractivity contribution is -0.135. The van der Waals surface area contributed by atoms with Crippen LogP contribution in [0.3, 0.4) is 0 Å². The smallest absolute Gasteiger partial charge is 0.266 e. The summed E-state index contributed by atoms with van der Waals surface area (Å²) in [6.07, 6.45) is 1.51. The quantitative estimate of drug-likeness (QED) is 0.0186.